The molecule has 1 nitrogen and oxygen atoms in total. The molecule has 1 heteroatoms. The number of hydrogen-bond acceptors (Lipinski definition) is 0. The number of benzene rings is 6. The van der Waals surface area contributed by atoms with Gasteiger partial charge in [-0.1, -0.05) is 121 Å². The second kappa shape index (κ2) is 7.69. The molecule has 0 saturated carbocycles. The number of aromatic nitrogens is 1. The van der Waals surface area contributed by atoms with Gasteiger partial charge in [-0.15, -0.1) is 0 Å². The standard InChI is InChI=1S/C38H23N/c1-4-14-26-23(10-1)13-9-18-28(26)35-29-16-6-7-17-30(29)36-37(35)31-21-20-24-11-2-5-15-27(24)34(31)38(36)33-22-25-12-3-8-19-32(25)39-33/h1-22,39H. The third kappa shape index (κ3) is 2.79. The maximum absolute atomic E-state index is 3.79. The summed E-state index contributed by atoms with van der Waals surface area (Å²) in [5, 5.41) is 6.37. The Kier molecular flexibility index (Phi) is 4.11. The SMILES string of the molecule is c1ccc2c(c1)C1=C(c3cc4ccccc4[nH]3)c3c(ccc4ccccc34)C1=C2c1cccc2ccccc12. The smallest absolute Gasteiger partial charge is 0.0477 e. The van der Waals surface area contributed by atoms with E-state index in [1.807, 2.05) is 0 Å². The summed E-state index contributed by atoms with van der Waals surface area (Å²) in [5.41, 5.74) is 14.2. The molecule has 180 valence electrons. The maximum atomic E-state index is 3.79. The first-order valence-electron chi connectivity index (χ1n) is 13.5. The van der Waals surface area contributed by atoms with E-state index in [4.69, 9.17) is 0 Å². The minimum Gasteiger partial charge on any atom is -0.354 e. The van der Waals surface area contributed by atoms with Crippen LogP contribution in [0.5, 0.6) is 0 Å². The van der Waals surface area contributed by atoms with Crippen molar-refractivity contribution in [2.24, 2.45) is 0 Å². The lowest BCUT2D eigenvalue weighted by Gasteiger charge is -2.14. The van der Waals surface area contributed by atoms with Gasteiger partial charge in [0.2, 0.25) is 0 Å². The lowest BCUT2D eigenvalue weighted by Crippen LogP contribution is -1.94. The van der Waals surface area contributed by atoms with Crippen LogP contribution >= 0.6 is 0 Å². The fourth-order valence-electron chi connectivity index (χ4n) is 6.92. The molecule has 0 saturated heterocycles. The minimum atomic E-state index is 1.17. The molecule has 0 atom stereocenters. The maximum Gasteiger partial charge on any atom is 0.0477 e. The zero-order valence-corrected chi connectivity index (χ0v) is 21.2. The molecule has 39 heavy (non-hydrogen) atoms. The van der Waals surface area contributed by atoms with E-state index in [9.17, 15) is 0 Å². The Balaban J connectivity index is 1.49. The van der Waals surface area contributed by atoms with Gasteiger partial charge >= 0.3 is 0 Å². The molecule has 1 heterocycles. The first-order valence-corrected chi connectivity index (χ1v) is 13.5. The summed E-state index contributed by atoms with van der Waals surface area (Å²) in [6, 6.07) is 48.8. The average Bonchev–Trinajstić information content (AvgIpc) is 3.67. The molecular weight excluding hydrogens is 470 g/mol. The summed E-state index contributed by atoms with van der Waals surface area (Å²) < 4.78 is 0. The van der Waals surface area contributed by atoms with Gasteiger partial charge in [-0.25, -0.2) is 0 Å². The summed E-state index contributed by atoms with van der Waals surface area (Å²) >= 11 is 0. The third-order valence-electron chi connectivity index (χ3n) is 8.52. The van der Waals surface area contributed by atoms with Crippen molar-refractivity contribution in [1.29, 1.82) is 0 Å². The lowest BCUT2D eigenvalue weighted by atomic mass is 9.89. The largest absolute Gasteiger partial charge is 0.354 e. The van der Waals surface area contributed by atoms with E-state index in [1.54, 1.807) is 0 Å². The Morgan fingerprint density at radius 1 is 0.359 bits per heavy atom. The molecular formula is C38H23N. The highest BCUT2D eigenvalue weighted by atomic mass is 14.7. The molecule has 0 aliphatic heterocycles. The quantitative estimate of drug-likeness (QED) is 0.247. The van der Waals surface area contributed by atoms with Gasteiger partial charge in [0.25, 0.3) is 0 Å². The number of aromatic amines is 1. The first-order chi connectivity index (χ1) is 19.4. The van der Waals surface area contributed by atoms with E-state index in [-0.39, 0.29) is 0 Å². The van der Waals surface area contributed by atoms with Gasteiger partial charge in [0.15, 0.2) is 0 Å². The van der Waals surface area contributed by atoms with Gasteiger partial charge < -0.3 is 4.98 Å². The van der Waals surface area contributed by atoms with E-state index >= 15 is 0 Å². The summed E-state index contributed by atoms with van der Waals surface area (Å²) in [4.78, 5) is 3.79. The minimum absolute atomic E-state index is 1.17. The van der Waals surface area contributed by atoms with E-state index in [0.29, 0.717) is 0 Å². The van der Waals surface area contributed by atoms with Crippen molar-refractivity contribution < 1.29 is 0 Å². The highest BCUT2D eigenvalue weighted by Gasteiger charge is 2.38. The topological polar surface area (TPSA) is 15.8 Å². The van der Waals surface area contributed by atoms with Crippen molar-refractivity contribution in [3.63, 3.8) is 0 Å². The van der Waals surface area contributed by atoms with Crippen molar-refractivity contribution in [3.8, 4) is 0 Å². The van der Waals surface area contributed by atoms with Crippen molar-refractivity contribution in [3.05, 3.63) is 167 Å². The number of nitrogens with one attached hydrogen (secondary N) is 1. The second-order valence-electron chi connectivity index (χ2n) is 10.6. The Morgan fingerprint density at radius 2 is 0.949 bits per heavy atom. The van der Waals surface area contributed by atoms with Gasteiger partial charge in [-0.2, -0.15) is 0 Å². The Morgan fingerprint density at radius 3 is 1.77 bits per heavy atom. The molecule has 1 N–H and O–H groups in total. The number of H-pyrrole nitrogens is 1. The average molecular weight is 494 g/mol. The summed E-state index contributed by atoms with van der Waals surface area (Å²) in [5.74, 6) is 0. The first kappa shape index (κ1) is 20.9. The van der Waals surface area contributed by atoms with Crippen LogP contribution in [0.4, 0.5) is 0 Å². The Labute approximate surface area is 226 Å². The van der Waals surface area contributed by atoms with E-state index in [0.717, 1.165) is 0 Å². The number of rotatable bonds is 2. The van der Waals surface area contributed by atoms with Crippen LogP contribution in [0.1, 0.15) is 33.5 Å². The van der Waals surface area contributed by atoms with Crippen LogP contribution in [0.15, 0.2) is 133 Å². The van der Waals surface area contributed by atoms with Gasteiger partial charge in [-0.3, -0.25) is 0 Å². The van der Waals surface area contributed by atoms with Crippen LogP contribution < -0.4 is 0 Å². The van der Waals surface area contributed by atoms with Gasteiger partial charge in [-0.05, 0) is 67.1 Å². The Hall–Kier alpha value is -5.14. The summed E-state index contributed by atoms with van der Waals surface area (Å²) in [6.45, 7) is 0. The molecule has 6 aromatic carbocycles. The molecule has 0 spiro atoms. The molecule has 0 bridgehead atoms. The highest BCUT2D eigenvalue weighted by Crippen LogP contribution is 2.60. The van der Waals surface area contributed by atoms with Crippen LogP contribution in [-0.4, -0.2) is 4.98 Å². The van der Waals surface area contributed by atoms with Crippen LogP contribution in [0.3, 0.4) is 0 Å². The van der Waals surface area contributed by atoms with E-state index in [1.165, 1.54) is 88.3 Å². The van der Waals surface area contributed by atoms with Crippen LogP contribution in [0.2, 0.25) is 0 Å². The molecule has 0 amide bonds. The van der Waals surface area contributed by atoms with Crippen molar-refractivity contribution in [1.82, 2.24) is 4.98 Å². The van der Waals surface area contributed by atoms with Crippen molar-refractivity contribution in [2.45, 2.75) is 0 Å². The fourth-order valence-corrected chi connectivity index (χ4v) is 6.92. The number of allylic oxidation sites excluding steroid dienone is 2. The Bertz CT molecular complexity index is 2180. The third-order valence-corrected chi connectivity index (χ3v) is 8.52. The molecule has 1 aromatic heterocycles. The molecule has 0 fully saturated rings. The lowest BCUT2D eigenvalue weighted by molar-refractivity contribution is 1.40. The van der Waals surface area contributed by atoms with E-state index < -0.39 is 0 Å². The molecule has 7 aromatic rings. The zero-order chi connectivity index (χ0) is 25.5. The van der Waals surface area contributed by atoms with Crippen LogP contribution in [0, 0.1) is 0 Å². The van der Waals surface area contributed by atoms with Crippen molar-refractivity contribution >= 4 is 54.7 Å². The number of hydrogen-bond donors (Lipinski definition) is 1. The van der Waals surface area contributed by atoms with Gasteiger partial charge in [0, 0.05) is 33.3 Å². The van der Waals surface area contributed by atoms with Gasteiger partial charge in [0.1, 0.15) is 0 Å². The summed E-state index contributed by atoms with van der Waals surface area (Å²) in [6.07, 6.45) is 0. The molecule has 2 aliphatic carbocycles. The molecule has 0 radical (unpaired) electrons. The molecule has 2 aliphatic rings. The fraction of sp³-hybridized carbons (Fsp3) is 0. The number of para-hydroxylation sites is 1. The predicted molar refractivity (Wildman–Crippen MR) is 164 cm³/mol. The molecule has 9 rings (SSSR count). The van der Waals surface area contributed by atoms with Crippen LogP contribution in [0.25, 0.3) is 54.7 Å². The normalized spacial score (nSPS) is 13.9. The second-order valence-corrected chi connectivity index (χ2v) is 10.6. The van der Waals surface area contributed by atoms with Crippen molar-refractivity contribution in [2.75, 3.05) is 0 Å². The van der Waals surface area contributed by atoms with E-state index in [2.05, 4.69) is 138 Å². The zero-order valence-electron chi connectivity index (χ0n) is 21.2. The van der Waals surface area contributed by atoms with Gasteiger partial charge in [0.05, 0.1) is 0 Å². The number of fused-ring (bicyclic) bond motifs is 9. The molecule has 0 unspecified atom stereocenters. The highest BCUT2D eigenvalue weighted by molar-refractivity contribution is 6.37. The van der Waals surface area contributed by atoms with Crippen LogP contribution in [-0.2, 0) is 0 Å². The monoisotopic (exact) mass is 493 g/mol. The predicted octanol–water partition coefficient (Wildman–Crippen LogP) is 9.72. The summed E-state index contributed by atoms with van der Waals surface area (Å²) in [7, 11) is 0.